The topological polar surface area (TPSA) is 12.0 Å². The molecule has 0 saturated carbocycles. The van der Waals surface area contributed by atoms with E-state index < -0.39 is 0 Å². The molecule has 0 saturated heterocycles. The summed E-state index contributed by atoms with van der Waals surface area (Å²) in [4.78, 5) is 0. The van der Waals surface area contributed by atoms with Crippen LogP contribution in [0.3, 0.4) is 0 Å². The maximum Gasteiger partial charge on any atom is 0.123 e. The number of hydrogen-bond acceptors (Lipinski definition) is 1. The van der Waals surface area contributed by atoms with Crippen LogP contribution in [-0.2, 0) is 0 Å². The fourth-order valence-corrected chi connectivity index (χ4v) is 2.26. The molecule has 0 aromatic heterocycles. The molecule has 96 valence electrons. The predicted octanol–water partition coefficient (Wildman–Crippen LogP) is 4.71. The molecule has 3 heteroatoms. The summed E-state index contributed by atoms with van der Waals surface area (Å²) in [5, 5.41) is 3.85. The minimum absolute atomic E-state index is 0.148. The summed E-state index contributed by atoms with van der Waals surface area (Å²) >= 11 is 6.10. The Morgan fingerprint density at radius 1 is 1.29 bits per heavy atom. The summed E-state index contributed by atoms with van der Waals surface area (Å²) in [6.45, 7) is 2.19. The van der Waals surface area contributed by atoms with Gasteiger partial charge in [0.1, 0.15) is 5.82 Å². The van der Waals surface area contributed by atoms with Gasteiger partial charge in [0, 0.05) is 11.1 Å². The van der Waals surface area contributed by atoms with E-state index in [1.54, 1.807) is 6.07 Å². The highest BCUT2D eigenvalue weighted by Gasteiger charge is 2.13. The normalized spacial score (nSPS) is 12.7. The summed E-state index contributed by atoms with van der Waals surface area (Å²) in [5.74, 6) is -0.224. The van der Waals surface area contributed by atoms with Crippen molar-refractivity contribution in [2.75, 3.05) is 7.05 Å². The van der Waals surface area contributed by atoms with Gasteiger partial charge in [-0.15, -0.1) is 0 Å². The van der Waals surface area contributed by atoms with Crippen LogP contribution in [0.4, 0.5) is 4.39 Å². The van der Waals surface area contributed by atoms with Crippen LogP contribution >= 0.6 is 11.6 Å². The van der Waals surface area contributed by atoms with E-state index in [0.29, 0.717) is 5.02 Å². The van der Waals surface area contributed by atoms with Gasteiger partial charge in [-0.1, -0.05) is 44.2 Å². The van der Waals surface area contributed by atoms with Crippen molar-refractivity contribution in [1.29, 1.82) is 0 Å². The third-order valence-electron chi connectivity index (χ3n) is 3.03. The Morgan fingerprint density at radius 2 is 2.06 bits per heavy atom. The Kier molecular flexibility index (Phi) is 6.53. The van der Waals surface area contributed by atoms with E-state index in [2.05, 4.69) is 12.2 Å². The first-order valence-electron chi connectivity index (χ1n) is 6.31. The zero-order valence-electron chi connectivity index (χ0n) is 10.6. The van der Waals surface area contributed by atoms with E-state index in [1.807, 2.05) is 7.05 Å². The summed E-state index contributed by atoms with van der Waals surface area (Å²) < 4.78 is 13.2. The number of hydrogen-bond donors (Lipinski definition) is 1. The zero-order chi connectivity index (χ0) is 12.7. The van der Waals surface area contributed by atoms with Crippen molar-refractivity contribution < 1.29 is 4.39 Å². The van der Waals surface area contributed by atoms with E-state index in [1.165, 1.54) is 31.4 Å². The molecule has 1 N–H and O–H groups in total. The van der Waals surface area contributed by atoms with Crippen LogP contribution in [0.1, 0.15) is 50.6 Å². The third-order valence-corrected chi connectivity index (χ3v) is 3.37. The zero-order valence-corrected chi connectivity index (χ0v) is 11.4. The van der Waals surface area contributed by atoms with Gasteiger partial charge in [0.05, 0.1) is 0 Å². The van der Waals surface area contributed by atoms with Gasteiger partial charge < -0.3 is 5.32 Å². The Hall–Kier alpha value is -0.600. The lowest BCUT2D eigenvalue weighted by Gasteiger charge is -2.18. The molecule has 1 atom stereocenters. The van der Waals surface area contributed by atoms with Crippen LogP contribution < -0.4 is 5.32 Å². The average Bonchev–Trinajstić information content (AvgIpc) is 2.33. The highest BCUT2D eigenvalue weighted by molar-refractivity contribution is 6.31. The van der Waals surface area contributed by atoms with Crippen molar-refractivity contribution >= 4 is 11.6 Å². The van der Waals surface area contributed by atoms with Gasteiger partial charge in [-0.2, -0.15) is 0 Å². The molecule has 1 nitrogen and oxygen atoms in total. The number of rotatable bonds is 7. The molecule has 1 rings (SSSR count). The fourth-order valence-electron chi connectivity index (χ4n) is 2.01. The molecule has 0 heterocycles. The summed E-state index contributed by atoms with van der Waals surface area (Å²) in [6.07, 6.45) is 5.85. The Balaban J connectivity index is 2.62. The van der Waals surface area contributed by atoms with Gasteiger partial charge in [0.2, 0.25) is 0 Å². The van der Waals surface area contributed by atoms with E-state index in [9.17, 15) is 4.39 Å². The van der Waals surface area contributed by atoms with Crippen molar-refractivity contribution in [2.24, 2.45) is 0 Å². The van der Waals surface area contributed by atoms with Crippen molar-refractivity contribution in [3.63, 3.8) is 0 Å². The average molecular weight is 258 g/mol. The molecular formula is C14H21ClFN. The second kappa shape index (κ2) is 7.67. The minimum atomic E-state index is -0.224. The standard InChI is InChI=1S/C14H21ClFN/c1-3-4-5-6-7-14(17-2)12-10-11(16)8-9-13(12)15/h8-10,14,17H,3-7H2,1-2H3. The van der Waals surface area contributed by atoms with E-state index >= 15 is 0 Å². The van der Waals surface area contributed by atoms with Crippen LogP contribution in [-0.4, -0.2) is 7.05 Å². The highest BCUT2D eigenvalue weighted by atomic mass is 35.5. The summed E-state index contributed by atoms with van der Waals surface area (Å²) in [5.41, 5.74) is 0.866. The van der Waals surface area contributed by atoms with Crippen LogP contribution in [0.2, 0.25) is 5.02 Å². The SMILES string of the molecule is CCCCCCC(NC)c1cc(F)ccc1Cl. The van der Waals surface area contributed by atoms with Crippen LogP contribution in [0.5, 0.6) is 0 Å². The second-order valence-corrected chi connectivity index (χ2v) is 4.76. The molecule has 0 radical (unpaired) electrons. The Morgan fingerprint density at radius 3 is 2.71 bits per heavy atom. The lowest BCUT2D eigenvalue weighted by atomic mass is 10.00. The number of unbranched alkanes of at least 4 members (excludes halogenated alkanes) is 3. The van der Waals surface area contributed by atoms with E-state index in [-0.39, 0.29) is 11.9 Å². The summed E-state index contributed by atoms with van der Waals surface area (Å²) in [7, 11) is 1.89. The molecule has 1 unspecified atom stereocenters. The first kappa shape index (κ1) is 14.5. The molecule has 0 bridgehead atoms. The predicted molar refractivity (Wildman–Crippen MR) is 72.0 cm³/mol. The van der Waals surface area contributed by atoms with Crippen molar-refractivity contribution in [1.82, 2.24) is 5.32 Å². The van der Waals surface area contributed by atoms with Crippen molar-refractivity contribution in [3.8, 4) is 0 Å². The molecular weight excluding hydrogens is 237 g/mol. The molecule has 1 aromatic rings. The van der Waals surface area contributed by atoms with Gasteiger partial charge >= 0.3 is 0 Å². The second-order valence-electron chi connectivity index (χ2n) is 4.36. The minimum Gasteiger partial charge on any atom is -0.313 e. The van der Waals surface area contributed by atoms with Gasteiger partial charge in [-0.25, -0.2) is 4.39 Å². The molecule has 0 aliphatic heterocycles. The number of halogens is 2. The lowest BCUT2D eigenvalue weighted by molar-refractivity contribution is 0.502. The quantitative estimate of drug-likeness (QED) is 0.698. The smallest absolute Gasteiger partial charge is 0.123 e. The third kappa shape index (κ3) is 4.64. The Bertz CT molecular complexity index is 341. The van der Waals surface area contributed by atoms with Gasteiger partial charge in [-0.05, 0) is 37.2 Å². The molecule has 17 heavy (non-hydrogen) atoms. The lowest BCUT2D eigenvalue weighted by Crippen LogP contribution is -2.17. The first-order chi connectivity index (χ1) is 8.19. The van der Waals surface area contributed by atoms with Crippen molar-refractivity contribution in [2.45, 2.75) is 45.1 Å². The fraction of sp³-hybridized carbons (Fsp3) is 0.571. The first-order valence-corrected chi connectivity index (χ1v) is 6.69. The number of benzene rings is 1. The molecule has 0 fully saturated rings. The van der Waals surface area contributed by atoms with Gasteiger partial charge in [0.25, 0.3) is 0 Å². The highest BCUT2D eigenvalue weighted by Crippen LogP contribution is 2.27. The van der Waals surface area contributed by atoms with Crippen molar-refractivity contribution in [3.05, 3.63) is 34.6 Å². The molecule has 1 aromatic carbocycles. The van der Waals surface area contributed by atoms with Gasteiger partial charge in [0.15, 0.2) is 0 Å². The van der Waals surface area contributed by atoms with Crippen LogP contribution in [0, 0.1) is 5.82 Å². The summed E-state index contributed by atoms with van der Waals surface area (Å²) in [6, 6.07) is 4.71. The van der Waals surface area contributed by atoms with E-state index in [0.717, 1.165) is 18.4 Å². The van der Waals surface area contributed by atoms with Gasteiger partial charge in [-0.3, -0.25) is 0 Å². The maximum atomic E-state index is 13.2. The molecule has 0 spiro atoms. The number of nitrogens with one attached hydrogen (secondary N) is 1. The largest absolute Gasteiger partial charge is 0.313 e. The van der Waals surface area contributed by atoms with Crippen LogP contribution in [0.25, 0.3) is 0 Å². The monoisotopic (exact) mass is 257 g/mol. The maximum absolute atomic E-state index is 13.2. The Labute approximate surface area is 108 Å². The van der Waals surface area contributed by atoms with Crippen LogP contribution in [0.15, 0.2) is 18.2 Å². The molecule has 0 amide bonds. The van der Waals surface area contributed by atoms with E-state index in [4.69, 9.17) is 11.6 Å². The molecule has 0 aliphatic carbocycles. The molecule has 0 aliphatic rings.